The number of rotatable bonds is 11. The summed E-state index contributed by atoms with van der Waals surface area (Å²) < 4.78 is 5.85. The molecule has 2 N–H and O–H groups in total. The second kappa shape index (κ2) is 10.6. The molecule has 1 aromatic rings. The molecule has 1 rings (SSSR count). The lowest BCUT2D eigenvalue weighted by Gasteiger charge is -2.26. The quantitative estimate of drug-likeness (QED) is 0.635. The molecular formula is C18H32N2O. The second-order valence-electron chi connectivity index (χ2n) is 5.87. The number of nitrogens with zero attached hydrogens (tertiary/aromatic N) is 1. The van der Waals surface area contributed by atoms with Crippen LogP contribution in [-0.4, -0.2) is 37.2 Å². The molecule has 0 spiro atoms. The molecule has 1 aromatic carbocycles. The van der Waals surface area contributed by atoms with Crippen molar-refractivity contribution in [3.05, 3.63) is 29.8 Å². The van der Waals surface area contributed by atoms with Crippen LogP contribution in [0.3, 0.4) is 0 Å². The van der Waals surface area contributed by atoms with Crippen LogP contribution in [0.1, 0.15) is 45.6 Å². The Hall–Kier alpha value is -1.06. The van der Waals surface area contributed by atoms with Gasteiger partial charge in [0.05, 0.1) is 0 Å². The fraction of sp³-hybridized carbons (Fsp3) is 0.667. The van der Waals surface area contributed by atoms with E-state index in [-0.39, 0.29) is 0 Å². The Morgan fingerprint density at radius 3 is 2.38 bits per heavy atom. The minimum absolute atomic E-state index is 0.581. The molecule has 0 radical (unpaired) electrons. The molecule has 0 bridgehead atoms. The minimum atomic E-state index is 0.581. The van der Waals surface area contributed by atoms with Crippen LogP contribution < -0.4 is 10.5 Å². The normalized spacial score (nSPS) is 11.3. The molecule has 0 heterocycles. The average Bonchev–Trinajstić information content (AvgIpc) is 2.47. The van der Waals surface area contributed by atoms with Gasteiger partial charge in [-0.2, -0.15) is 0 Å². The van der Waals surface area contributed by atoms with E-state index in [2.05, 4.69) is 37.8 Å². The highest BCUT2D eigenvalue weighted by molar-refractivity contribution is 5.27. The van der Waals surface area contributed by atoms with Crippen molar-refractivity contribution in [3.8, 4) is 5.75 Å². The zero-order valence-electron chi connectivity index (χ0n) is 14.0. The highest BCUT2D eigenvalue weighted by Gasteiger charge is 2.08. The molecule has 0 fully saturated rings. The maximum Gasteiger partial charge on any atom is 0.119 e. The summed E-state index contributed by atoms with van der Waals surface area (Å²) in [5, 5.41) is 0. The molecule has 0 saturated carbocycles. The summed E-state index contributed by atoms with van der Waals surface area (Å²) in [6, 6.07) is 8.87. The summed E-state index contributed by atoms with van der Waals surface area (Å²) in [6.45, 7) is 10.4. The smallest absolute Gasteiger partial charge is 0.119 e. The van der Waals surface area contributed by atoms with Crippen molar-refractivity contribution in [3.63, 3.8) is 0 Å². The van der Waals surface area contributed by atoms with E-state index < -0.39 is 0 Å². The SMILES string of the molecule is CCCCCN(CCOc1ccc(CCN)cc1)C(C)C. The number of hydrogen-bond acceptors (Lipinski definition) is 3. The summed E-state index contributed by atoms with van der Waals surface area (Å²) >= 11 is 0. The predicted octanol–water partition coefficient (Wildman–Crippen LogP) is 3.47. The number of ether oxygens (including phenoxy) is 1. The van der Waals surface area contributed by atoms with Gasteiger partial charge in [-0.15, -0.1) is 0 Å². The fourth-order valence-electron chi connectivity index (χ4n) is 2.39. The van der Waals surface area contributed by atoms with Gasteiger partial charge in [0, 0.05) is 12.6 Å². The number of nitrogens with two attached hydrogens (primary N) is 1. The van der Waals surface area contributed by atoms with Gasteiger partial charge in [-0.25, -0.2) is 0 Å². The average molecular weight is 292 g/mol. The van der Waals surface area contributed by atoms with Gasteiger partial charge in [0.2, 0.25) is 0 Å². The molecule has 0 saturated heterocycles. The van der Waals surface area contributed by atoms with Gasteiger partial charge in [0.15, 0.2) is 0 Å². The van der Waals surface area contributed by atoms with Crippen molar-refractivity contribution in [2.24, 2.45) is 5.73 Å². The summed E-state index contributed by atoms with van der Waals surface area (Å²) in [6.07, 6.45) is 4.80. The van der Waals surface area contributed by atoms with Crippen molar-refractivity contribution in [1.29, 1.82) is 0 Å². The van der Waals surface area contributed by atoms with Crippen molar-refractivity contribution in [1.82, 2.24) is 4.90 Å². The Balaban J connectivity index is 2.32. The first kappa shape index (κ1) is 18.0. The van der Waals surface area contributed by atoms with Crippen molar-refractivity contribution < 1.29 is 4.74 Å². The Kier molecular flexibility index (Phi) is 9.11. The fourth-order valence-corrected chi connectivity index (χ4v) is 2.39. The van der Waals surface area contributed by atoms with Crippen LogP contribution in [0.4, 0.5) is 0 Å². The van der Waals surface area contributed by atoms with E-state index in [1.54, 1.807) is 0 Å². The molecule has 0 amide bonds. The van der Waals surface area contributed by atoms with Gasteiger partial charge in [0.25, 0.3) is 0 Å². The van der Waals surface area contributed by atoms with Gasteiger partial charge in [-0.05, 0) is 57.5 Å². The van der Waals surface area contributed by atoms with Crippen molar-refractivity contribution >= 4 is 0 Å². The van der Waals surface area contributed by atoms with E-state index in [1.165, 1.54) is 31.4 Å². The Morgan fingerprint density at radius 1 is 1.10 bits per heavy atom. The van der Waals surface area contributed by atoms with E-state index in [0.717, 1.165) is 25.3 Å². The lowest BCUT2D eigenvalue weighted by atomic mass is 10.1. The third-order valence-electron chi connectivity index (χ3n) is 3.78. The molecule has 21 heavy (non-hydrogen) atoms. The maximum atomic E-state index is 5.85. The monoisotopic (exact) mass is 292 g/mol. The van der Waals surface area contributed by atoms with Gasteiger partial charge in [-0.1, -0.05) is 31.9 Å². The first-order valence-corrected chi connectivity index (χ1v) is 8.33. The Bertz CT molecular complexity index is 362. The summed E-state index contributed by atoms with van der Waals surface area (Å²) in [4.78, 5) is 2.50. The van der Waals surface area contributed by atoms with Crippen LogP contribution in [0.2, 0.25) is 0 Å². The van der Waals surface area contributed by atoms with Gasteiger partial charge in [-0.3, -0.25) is 4.90 Å². The third-order valence-corrected chi connectivity index (χ3v) is 3.78. The van der Waals surface area contributed by atoms with Gasteiger partial charge in [0.1, 0.15) is 12.4 Å². The lowest BCUT2D eigenvalue weighted by molar-refractivity contribution is 0.173. The predicted molar refractivity (Wildman–Crippen MR) is 90.9 cm³/mol. The molecule has 0 aliphatic carbocycles. The topological polar surface area (TPSA) is 38.5 Å². The Labute approximate surface area is 130 Å². The van der Waals surface area contributed by atoms with E-state index in [0.29, 0.717) is 12.6 Å². The van der Waals surface area contributed by atoms with Crippen LogP contribution in [-0.2, 0) is 6.42 Å². The van der Waals surface area contributed by atoms with E-state index in [4.69, 9.17) is 10.5 Å². The van der Waals surface area contributed by atoms with Gasteiger partial charge >= 0.3 is 0 Å². The molecule has 0 aromatic heterocycles. The van der Waals surface area contributed by atoms with Crippen molar-refractivity contribution in [2.45, 2.75) is 52.5 Å². The number of hydrogen-bond donors (Lipinski definition) is 1. The van der Waals surface area contributed by atoms with E-state index >= 15 is 0 Å². The first-order chi connectivity index (χ1) is 10.2. The van der Waals surface area contributed by atoms with E-state index in [1.807, 2.05) is 12.1 Å². The minimum Gasteiger partial charge on any atom is -0.492 e. The zero-order chi connectivity index (χ0) is 15.5. The molecule has 3 nitrogen and oxygen atoms in total. The second-order valence-corrected chi connectivity index (χ2v) is 5.87. The summed E-state index contributed by atoms with van der Waals surface area (Å²) in [5.74, 6) is 0.952. The van der Waals surface area contributed by atoms with Crippen molar-refractivity contribution in [2.75, 3.05) is 26.2 Å². The molecule has 3 heteroatoms. The van der Waals surface area contributed by atoms with Crippen LogP contribution >= 0.6 is 0 Å². The number of benzene rings is 1. The summed E-state index contributed by atoms with van der Waals surface area (Å²) in [7, 11) is 0. The Morgan fingerprint density at radius 2 is 1.81 bits per heavy atom. The highest BCUT2D eigenvalue weighted by Crippen LogP contribution is 2.12. The molecule has 0 aliphatic rings. The van der Waals surface area contributed by atoms with Crippen LogP contribution in [0.15, 0.2) is 24.3 Å². The molecule has 0 aliphatic heterocycles. The van der Waals surface area contributed by atoms with Crippen LogP contribution in [0, 0.1) is 0 Å². The van der Waals surface area contributed by atoms with Crippen LogP contribution in [0.5, 0.6) is 5.75 Å². The number of unbranched alkanes of at least 4 members (excludes halogenated alkanes) is 2. The molecule has 0 unspecified atom stereocenters. The third kappa shape index (κ3) is 7.49. The summed E-state index contributed by atoms with van der Waals surface area (Å²) in [5.41, 5.74) is 6.83. The van der Waals surface area contributed by atoms with Gasteiger partial charge < -0.3 is 10.5 Å². The maximum absolute atomic E-state index is 5.85. The molecular weight excluding hydrogens is 260 g/mol. The lowest BCUT2D eigenvalue weighted by Crippen LogP contribution is -2.35. The highest BCUT2D eigenvalue weighted by atomic mass is 16.5. The largest absolute Gasteiger partial charge is 0.492 e. The molecule has 0 atom stereocenters. The van der Waals surface area contributed by atoms with E-state index in [9.17, 15) is 0 Å². The zero-order valence-corrected chi connectivity index (χ0v) is 14.0. The molecule has 120 valence electrons. The van der Waals surface area contributed by atoms with Crippen LogP contribution in [0.25, 0.3) is 0 Å². The standard InChI is InChI=1S/C18H32N2O/c1-4-5-6-13-20(16(2)3)14-15-21-18-9-7-17(8-10-18)11-12-19/h7-10,16H,4-6,11-15,19H2,1-3H3. The first-order valence-electron chi connectivity index (χ1n) is 8.33.